The van der Waals surface area contributed by atoms with E-state index < -0.39 is 39.5 Å². The van der Waals surface area contributed by atoms with E-state index >= 15 is 0 Å². The second-order valence-electron chi connectivity index (χ2n) is 6.64. The summed E-state index contributed by atoms with van der Waals surface area (Å²) in [5.74, 6) is -3.96. The number of ether oxygens (including phenoxy) is 1. The van der Waals surface area contributed by atoms with Crippen LogP contribution < -0.4 is 10.1 Å². The number of amides is 1. The van der Waals surface area contributed by atoms with E-state index in [0.717, 1.165) is 38.7 Å². The summed E-state index contributed by atoms with van der Waals surface area (Å²) in [6.07, 6.45) is 1.83. The molecule has 1 N–H and O–H groups in total. The van der Waals surface area contributed by atoms with Crippen LogP contribution in [0.25, 0.3) is 6.08 Å². The monoisotopic (exact) mass is 474 g/mol. The van der Waals surface area contributed by atoms with E-state index in [9.17, 15) is 18.0 Å². The molecule has 0 bridgehead atoms. The Morgan fingerprint density at radius 3 is 2.42 bits per heavy atom. The quantitative estimate of drug-likeness (QED) is 0.353. The van der Waals surface area contributed by atoms with Gasteiger partial charge in [0, 0.05) is 29.4 Å². The number of halogens is 5. The van der Waals surface area contributed by atoms with Gasteiger partial charge in [-0.3, -0.25) is 4.79 Å². The molecule has 0 unspecified atom stereocenters. The van der Waals surface area contributed by atoms with Gasteiger partial charge in [-0.2, -0.15) is 0 Å². The van der Waals surface area contributed by atoms with Gasteiger partial charge in [-0.1, -0.05) is 37.0 Å². The Bertz CT molecular complexity index is 951. The van der Waals surface area contributed by atoms with Gasteiger partial charge in [-0.05, 0) is 44.3 Å². The highest BCUT2D eigenvalue weighted by molar-refractivity contribution is 6.32. The molecule has 0 spiro atoms. The number of rotatable bonds is 9. The molecule has 1 amide bonds. The molecule has 168 valence electrons. The number of carbonyl (C=O) groups excluding carboxylic acids is 1. The predicted molar refractivity (Wildman–Crippen MR) is 118 cm³/mol. The predicted octanol–water partition coefficient (Wildman–Crippen LogP) is 6.09. The summed E-state index contributed by atoms with van der Waals surface area (Å²) in [4.78, 5) is 14.3. The summed E-state index contributed by atoms with van der Waals surface area (Å²) in [5, 5.41) is 2.23. The number of carbonyl (C=O) groups is 1. The third-order valence-electron chi connectivity index (χ3n) is 4.68. The highest BCUT2D eigenvalue weighted by Gasteiger charge is 2.20. The Morgan fingerprint density at radius 1 is 1.13 bits per heavy atom. The van der Waals surface area contributed by atoms with Gasteiger partial charge in [0.2, 0.25) is 5.91 Å². The van der Waals surface area contributed by atoms with E-state index in [-0.39, 0.29) is 0 Å². The lowest BCUT2D eigenvalue weighted by molar-refractivity contribution is -0.111. The molecule has 0 saturated carbocycles. The van der Waals surface area contributed by atoms with E-state index in [1.165, 1.54) is 6.07 Å². The number of likely N-dealkylation sites (N-methyl/N-ethyl adjacent to an activating group) is 1. The van der Waals surface area contributed by atoms with Crippen LogP contribution in [-0.4, -0.2) is 37.0 Å². The Kier molecular flexibility index (Phi) is 9.22. The lowest BCUT2D eigenvalue weighted by Crippen LogP contribution is -2.27. The molecule has 0 atom stereocenters. The molecule has 0 aliphatic carbocycles. The van der Waals surface area contributed by atoms with Crippen LogP contribution in [0.15, 0.2) is 24.3 Å². The van der Waals surface area contributed by atoms with Crippen LogP contribution in [0.2, 0.25) is 10.0 Å². The molecule has 0 aliphatic heterocycles. The van der Waals surface area contributed by atoms with Crippen LogP contribution in [-0.2, 0) is 4.79 Å². The lowest BCUT2D eigenvalue weighted by atomic mass is 10.1. The zero-order valence-electron chi connectivity index (χ0n) is 17.4. The molecule has 0 aliphatic rings. The Balaban J connectivity index is 2.04. The largest absolute Gasteiger partial charge is 0.491 e. The minimum Gasteiger partial charge on any atom is -0.491 e. The maximum atomic E-state index is 14.0. The first-order valence-corrected chi connectivity index (χ1v) is 10.4. The van der Waals surface area contributed by atoms with E-state index in [1.807, 2.05) is 0 Å². The van der Waals surface area contributed by atoms with Crippen molar-refractivity contribution in [1.29, 1.82) is 0 Å². The molecule has 0 radical (unpaired) electrons. The molecular formula is C22H23Cl2F3N2O2. The van der Waals surface area contributed by atoms with Crippen LogP contribution in [0, 0.1) is 24.4 Å². The molecule has 0 heterocycles. The van der Waals surface area contributed by atoms with Gasteiger partial charge in [0.25, 0.3) is 0 Å². The number of hydrogen-bond donors (Lipinski definition) is 1. The second kappa shape index (κ2) is 11.4. The molecule has 4 nitrogen and oxygen atoms in total. The molecule has 2 aromatic carbocycles. The van der Waals surface area contributed by atoms with Gasteiger partial charge in [0.15, 0.2) is 11.6 Å². The topological polar surface area (TPSA) is 41.6 Å². The van der Waals surface area contributed by atoms with Crippen molar-refractivity contribution in [3.63, 3.8) is 0 Å². The normalized spacial score (nSPS) is 11.4. The van der Waals surface area contributed by atoms with Crippen LogP contribution in [0.4, 0.5) is 18.9 Å². The minimum atomic E-state index is -1.36. The van der Waals surface area contributed by atoms with E-state index in [1.54, 1.807) is 12.1 Å². The van der Waals surface area contributed by atoms with Crippen molar-refractivity contribution in [2.45, 2.75) is 20.8 Å². The molecule has 2 rings (SSSR count). The number of nitrogens with zero attached hydrogens (tertiary/aromatic N) is 1. The summed E-state index contributed by atoms with van der Waals surface area (Å²) in [7, 11) is 0. The molecule has 0 saturated heterocycles. The van der Waals surface area contributed by atoms with Gasteiger partial charge in [-0.25, -0.2) is 13.2 Å². The van der Waals surface area contributed by atoms with E-state index in [4.69, 9.17) is 27.9 Å². The molecule has 0 aromatic heterocycles. The molecule has 31 heavy (non-hydrogen) atoms. The van der Waals surface area contributed by atoms with Crippen LogP contribution in [0.5, 0.6) is 5.75 Å². The zero-order chi connectivity index (χ0) is 23.1. The average molecular weight is 475 g/mol. The Labute approximate surface area is 189 Å². The van der Waals surface area contributed by atoms with Crippen molar-refractivity contribution in [3.05, 3.63) is 62.9 Å². The number of nitrogens with one attached hydrogen (secondary N) is 1. The van der Waals surface area contributed by atoms with Gasteiger partial charge < -0.3 is 15.0 Å². The van der Waals surface area contributed by atoms with Crippen LogP contribution >= 0.6 is 23.2 Å². The SMILES string of the molecule is CCN(CC)CCOc1ccc(NC(=O)C=Cc2c(F)c(F)c(C)c(F)c2Cl)cc1Cl. The molecule has 0 fully saturated rings. The van der Waals surface area contributed by atoms with Crippen molar-refractivity contribution in [1.82, 2.24) is 4.90 Å². The highest BCUT2D eigenvalue weighted by Crippen LogP contribution is 2.30. The van der Waals surface area contributed by atoms with Crippen molar-refractivity contribution >= 4 is 40.9 Å². The van der Waals surface area contributed by atoms with E-state index in [2.05, 4.69) is 24.1 Å². The second-order valence-corrected chi connectivity index (χ2v) is 7.42. The van der Waals surface area contributed by atoms with Gasteiger partial charge in [0.05, 0.1) is 10.0 Å². The Hall–Kier alpha value is -2.22. The number of benzene rings is 2. The average Bonchev–Trinajstić information content (AvgIpc) is 2.75. The molecule has 2 aromatic rings. The third-order valence-corrected chi connectivity index (χ3v) is 5.34. The van der Waals surface area contributed by atoms with Crippen LogP contribution in [0.1, 0.15) is 25.0 Å². The van der Waals surface area contributed by atoms with Crippen LogP contribution in [0.3, 0.4) is 0 Å². The summed E-state index contributed by atoms with van der Waals surface area (Å²) in [6.45, 7) is 8.26. The fraction of sp³-hybridized carbons (Fsp3) is 0.318. The van der Waals surface area contributed by atoms with Crippen molar-refractivity contribution in [2.24, 2.45) is 0 Å². The van der Waals surface area contributed by atoms with Crippen molar-refractivity contribution in [2.75, 3.05) is 31.6 Å². The lowest BCUT2D eigenvalue weighted by Gasteiger charge is -2.18. The minimum absolute atomic E-state index is 0.304. The third kappa shape index (κ3) is 6.38. The van der Waals surface area contributed by atoms with Gasteiger partial charge >= 0.3 is 0 Å². The molecule has 9 heteroatoms. The summed E-state index contributed by atoms with van der Waals surface area (Å²) < 4.78 is 47.3. The van der Waals surface area contributed by atoms with Crippen molar-refractivity contribution in [3.8, 4) is 5.75 Å². The molecular weight excluding hydrogens is 452 g/mol. The van der Waals surface area contributed by atoms with Crippen molar-refractivity contribution < 1.29 is 22.7 Å². The van der Waals surface area contributed by atoms with E-state index in [0.29, 0.717) is 23.1 Å². The smallest absolute Gasteiger partial charge is 0.248 e. The summed E-state index contributed by atoms with van der Waals surface area (Å²) in [5.41, 5.74) is -0.714. The first-order chi connectivity index (χ1) is 14.7. The highest BCUT2D eigenvalue weighted by atomic mass is 35.5. The fourth-order valence-electron chi connectivity index (χ4n) is 2.77. The maximum Gasteiger partial charge on any atom is 0.248 e. The first kappa shape index (κ1) is 25.0. The van der Waals surface area contributed by atoms with Gasteiger partial charge in [0.1, 0.15) is 18.2 Å². The standard InChI is InChI=1S/C22H23Cl2F3N2O2/c1-4-29(5-2)10-11-31-17-8-6-14(12-16(17)23)28-18(30)9-7-15-19(24)20(25)13(3)21(26)22(15)27/h6-9,12H,4-5,10-11H2,1-3H3,(H,28,30). The Morgan fingerprint density at radius 2 is 1.81 bits per heavy atom. The zero-order valence-corrected chi connectivity index (χ0v) is 18.9. The number of anilines is 1. The first-order valence-electron chi connectivity index (χ1n) is 9.65. The fourth-order valence-corrected chi connectivity index (χ4v) is 3.29. The maximum absolute atomic E-state index is 14.0. The number of hydrogen-bond acceptors (Lipinski definition) is 3. The summed E-state index contributed by atoms with van der Waals surface area (Å²) in [6, 6.07) is 4.70. The summed E-state index contributed by atoms with van der Waals surface area (Å²) >= 11 is 11.9. The van der Waals surface area contributed by atoms with Gasteiger partial charge in [-0.15, -0.1) is 0 Å².